The van der Waals surface area contributed by atoms with E-state index in [1.54, 1.807) is 4.90 Å². The molecule has 4 nitrogen and oxygen atoms in total. The standard InChI is InChI=1S/C10H17NO3/c1-4-7-8(12)9(10(13)14)11(5-2)6-3/h4,9H,1,5-7H2,2-3H3,(H,13,14). The summed E-state index contributed by atoms with van der Waals surface area (Å²) in [4.78, 5) is 23.9. The molecule has 0 saturated carbocycles. The molecule has 0 amide bonds. The van der Waals surface area contributed by atoms with Gasteiger partial charge in [-0.3, -0.25) is 14.5 Å². The number of allylic oxidation sites excluding steroid dienone is 1. The maximum Gasteiger partial charge on any atom is 0.328 e. The van der Waals surface area contributed by atoms with Gasteiger partial charge >= 0.3 is 5.97 Å². The fraction of sp³-hybridized carbons (Fsp3) is 0.600. The molecule has 0 aliphatic rings. The van der Waals surface area contributed by atoms with E-state index >= 15 is 0 Å². The van der Waals surface area contributed by atoms with Crippen LogP contribution in [0.3, 0.4) is 0 Å². The molecule has 0 spiro atoms. The first-order chi connectivity index (χ1) is 6.58. The van der Waals surface area contributed by atoms with E-state index in [2.05, 4.69) is 6.58 Å². The number of hydrogen-bond acceptors (Lipinski definition) is 3. The summed E-state index contributed by atoms with van der Waals surface area (Å²) in [5, 5.41) is 8.91. The predicted molar refractivity (Wildman–Crippen MR) is 54.2 cm³/mol. The number of nitrogens with zero attached hydrogens (tertiary/aromatic N) is 1. The van der Waals surface area contributed by atoms with Crippen LogP contribution < -0.4 is 0 Å². The zero-order valence-corrected chi connectivity index (χ0v) is 8.69. The second-order valence-corrected chi connectivity index (χ2v) is 2.92. The number of carboxylic acid groups (broad SMARTS) is 1. The molecule has 80 valence electrons. The van der Waals surface area contributed by atoms with E-state index in [9.17, 15) is 9.59 Å². The summed E-state index contributed by atoms with van der Waals surface area (Å²) in [7, 11) is 0. The van der Waals surface area contributed by atoms with Gasteiger partial charge in [0, 0.05) is 6.42 Å². The molecule has 0 aromatic carbocycles. The Hall–Kier alpha value is -1.16. The summed E-state index contributed by atoms with van der Waals surface area (Å²) in [6.45, 7) is 8.19. The van der Waals surface area contributed by atoms with Crippen LogP contribution in [0.15, 0.2) is 12.7 Å². The summed E-state index contributed by atoms with van der Waals surface area (Å²) >= 11 is 0. The van der Waals surface area contributed by atoms with Crippen molar-refractivity contribution in [1.82, 2.24) is 4.90 Å². The number of ketones is 1. The van der Waals surface area contributed by atoms with Gasteiger partial charge in [-0.05, 0) is 13.1 Å². The van der Waals surface area contributed by atoms with E-state index in [4.69, 9.17) is 5.11 Å². The molecular weight excluding hydrogens is 182 g/mol. The van der Waals surface area contributed by atoms with Crippen molar-refractivity contribution < 1.29 is 14.7 Å². The predicted octanol–water partition coefficient (Wildman–Crippen LogP) is 0.927. The highest BCUT2D eigenvalue weighted by Crippen LogP contribution is 2.04. The van der Waals surface area contributed by atoms with Gasteiger partial charge in [-0.25, -0.2) is 0 Å². The normalized spacial score (nSPS) is 12.5. The molecule has 1 atom stereocenters. The summed E-state index contributed by atoms with van der Waals surface area (Å²) in [5.74, 6) is -1.39. The number of carbonyl (C=O) groups excluding carboxylic acids is 1. The molecule has 0 bridgehead atoms. The van der Waals surface area contributed by atoms with Crippen molar-refractivity contribution in [3.8, 4) is 0 Å². The van der Waals surface area contributed by atoms with Crippen LogP contribution in [0.1, 0.15) is 20.3 Å². The highest BCUT2D eigenvalue weighted by molar-refractivity contribution is 6.02. The first kappa shape index (κ1) is 12.8. The van der Waals surface area contributed by atoms with Crippen LogP contribution in [-0.4, -0.2) is 40.9 Å². The molecule has 0 radical (unpaired) electrons. The molecule has 1 N–H and O–H groups in total. The van der Waals surface area contributed by atoms with E-state index in [0.29, 0.717) is 13.1 Å². The van der Waals surface area contributed by atoms with Crippen LogP contribution in [0, 0.1) is 0 Å². The van der Waals surface area contributed by atoms with Gasteiger partial charge in [0.2, 0.25) is 0 Å². The monoisotopic (exact) mass is 199 g/mol. The number of likely N-dealkylation sites (N-methyl/N-ethyl adjacent to an activating group) is 1. The van der Waals surface area contributed by atoms with Gasteiger partial charge in [0.15, 0.2) is 11.8 Å². The van der Waals surface area contributed by atoms with Gasteiger partial charge < -0.3 is 5.11 Å². The van der Waals surface area contributed by atoms with Gasteiger partial charge in [-0.15, -0.1) is 6.58 Å². The number of carboxylic acids is 1. The van der Waals surface area contributed by atoms with Crippen LogP contribution in [0.5, 0.6) is 0 Å². The Morgan fingerprint density at radius 3 is 2.21 bits per heavy atom. The van der Waals surface area contributed by atoms with Crippen molar-refractivity contribution in [2.75, 3.05) is 13.1 Å². The SMILES string of the molecule is C=CCC(=O)C(C(=O)O)N(CC)CC. The molecule has 0 fully saturated rings. The quantitative estimate of drug-likeness (QED) is 0.489. The summed E-state index contributed by atoms with van der Waals surface area (Å²) in [6, 6.07) is -1.03. The number of Topliss-reactive ketones (excluding diaryl/α,β-unsaturated/α-hetero) is 1. The molecular formula is C10H17NO3. The van der Waals surface area contributed by atoms with Gasteiger partial charge in [0.25, 0.3) is 0 Å². The van der Waals surface area contributed by atoms with Gasteiger partial charge in [0.1, 0.15) is 0 Å². The minimum Gasteiger partial charge on any atom is -0.480 e. The van der Waals surface area contributed by atoms with Crippen molar-refractivity contribution in [3.05, 3.63) is 12.7 Å². The average Bonchev–Trinajstić information content (AvgIpc) is 2.13. The van der Waals surface area contributed by atoms with Crippen LogP contribution in [0.2, 0.25) is 0 Å². The molecule has 1 unspecified atom stereocenters. The number of hydrogen-bond donors (Lipinski definition) is 1. The Bertz CT molecular complexity index is 221. The van der Waals surface area contributed by atoms with Crippen molar-refractivity contribution in [3.63, 3.8) is 0 Å². The lowest BCUT2D eigenvalue weighted by atomic mass is 10.1. The van der Waals surface area contributed by atoms with E-state index in [1.807, 2.05) is 13.8 Å². The molecule has 0 aromatic heterocycles. The molecule has 0 rings (SSSR count). The Morgan fingerprint density at radius 2 is 1.93 bits per heavy atom. The van der Waals surface area contributed by atoms with Crippen molar-refractivity contribution >= 4 is 11.8 Å². The first-order valence-corrected chi connectivity index (χ1v) is 4.68. The van der Waals surface area contributed by atoms with E-state index in [1.165, 1.54) is 6.08 Å². The Labute approximate surface area is 84.2 Å². The lowest BCUT2D eigenvalue weighted by molar-refractivity contribution is -0.147. The lowest BCUT2D eigenvalue weighted by Gasteiger charge is -2.24. The molecule has 14 heavy (non-hydrogen) atoms. The van der Waals surface area contributed by atoms with Crippen LogP contribution >= 0.6 is 0 Å². The van der Waals surface area contributed by atoms with E-state index in [0.717, 1.165) is 0 Å². The zero-order chi connectivity index (χ0) is 11.1. The van der Waals surface area contributed by atoms with Gasteiger partial charge in [0.05, 0.1) is 0 Å². The minimum atomic E-state index is -1.08. The van der Waals surface area contributed by atoms with Gasteiger partial charge in [-0.2, -0.15) is 0 Å². The summed E-state index contributed by atoms with van der Waals surface area (Å²) in [6.07, 6.45) is 1.54. The lowest BCUT2D eigenvalue weighted by Crippen LogP contribution is -2.46. The smallest absolute Gasteiger partial charge is 0.328 e. The number of rotatable bonds is 7. The van der Waals surface area contributed by atoms with E-state index < -0.39 is 12.0 Å². The van der Waals surface area contributed by atoms with Crippen molar-refractivity contribution in [2.24, 2.45) is 0 Å². The molecule has 0 heterocycles. The first-order valence-electron chi connectivity index (χ1n) is 4.68. The topological polar surface area (TPSA) is 57.6 Å². The molecule has 0 aliphatic carbocycles. The molecule has 0 aliphatic heterocycles. The third-order valence-electron chi connectivity index (χ3n) is 2.06. The van der Waals surface area contributed by atoms with E-state index in [-0.39, 0.29) is 12.2 Å². The Kier molecular flexibility index (Phi) is 5.79. The van der Waals surface area contributed by atoms with Crippen LogP contribution in [0.25, 0.3) is 0 Å². The summed E-state index contributed by atoms with van der Waals surface area (Å²) < 4.78 is 0. The van der Waals surface area contributed by atoms with Crippen LogP contribution in [0.4, 0.5) is 0 Å². The number of carbonyl (C=O) groups is 2. The van der Waals surface area contributed by atoms with Gasteiger partial charge in [-0.1, -0.05) is 19.9 Å². The summed E-state index contributed by atoms with van der Waals surface area (Å²) in [5.41, 5.74) is 0. The molecule has 0 aromatic rings. The Balaban J connectivity index is 4.64. The third-order valence-corrected chi connectivity index (χ3v) is 2.06. The largest absolute Gasteiger partial charge is 0.480 e. The second kappa shape index (κ2) is 6.32. The Morgan fingerprint density at radius 1 is 1.43 bits per heavy atom. The van der Waals surface area contributed by atoms with Crippen molar-refractivity contribution in [2.45, 2.75) is 26.3 Å². The van der Waals surface area contributed by atoms with Crippen LogP contribution in [-0.2, 0) is 9.59 Å². The molecule has 4 heteroatoms. The maximum absolute atomic E-state index is 11.5. The second-order valence-electron chi connectivity index (χ2n) is 2.92. The maximum atomic E-state index is 11.5. The van der Waals surface area contributed by atoms with Crippen molar-refractivity contribution in [1.29, 1.82) is 0 Å². The third kappa shape index (κ3) is 3.30. The zero-order valence-electron chi connectivity index (χ0n) is 8.69. The fourth-order valence-electron chi connectivity index (χ4n) is 1.34. The average molecular weight is 199 g/mol. The molecule has 0 saturated heterocycles. The highest BCUT2D eigenvalue weighted by atomic mass is 16.4. The highest BCUT2D eigenvalue weighted by Gasteiger charge is 2.29. The number of aliphatic carboxylic acids is 1. The minimum absolute atomic E-state index is 0.105. The fourth-order valence-corrected chi connectivity index (χ4v) is 1.34.